The molecule has 1 amide bonds. The number of anilines is 2. The Hall–Kier alpha value is -3.98. The second-order valence-corrected chi connectivity index (χ2v) is 9.06. The van der Waals surface area contributed by atoms with Crippen LogP contribution in [0.1, 0.15) is 42.3 Å². The summed E-state index contributed by atoms with van der Waals surface area (Å²) in [5, 5.41) is 15.5. The number of nitrogens with zero attached hydrogens (tertiary/aromatic N) is 4. The van der Waals surface area contributed by atoms with E-state index in [0.29, 0.717) is 17.9 Å². The summed E-state index contributed by atoms with van der Waals surface area (Å²) in [6.45, 7) is 12.7. The van der Waals surface area contributed by atoms with Crippen LogP contribution in [0.5, 0.6) is 5.75 Å². The maximum absolute atomic E-state index is 12.6. The standard InChI is InChI=1S/C28H32N6O2S/c1-6-33(7-2)21-11-14-26(19(5)15-21)34-31-24-16-18(4)23(17-25(24)32-34)29-28(37)30-27(35)20-9-12-22(13-10-20)36-8-3/h9-17H,6-8H2,1-5H3,(H2,29,30,35,37). The molecule has 0 unspecified atom stereocenters. The van der Waals surface area contributed by atoms with Gasteiger partial charge in [0.1, 0.15) is 16.8 Å². The van der Waals surface area contributed by atoms with Gasteiger partial charge in [-0.1, -0.05) is 0 Å². The summed E-state index contributed by atoms with van der Waals surface area (Å²) in [6.07, 6.45) is 0. The van der Waals surface area contributed by atoms with Gasteiger partial charge in [-0.2, -0.15) is 4.80 Å². The van der Waals surface area contributed by atoms with E-state index in [2.05, 4.69) is 54.5 Å². The van der Waals surface area contributed by atoms with E-state index < -0.39 is 0 Å². The van der Waals surface area contributed by atoms with Crippen molar-refractivity contribution in [1.82, 2.24) is 20.3 Å². The van der Waals surface area contributed by atoms with Gasteiger partial charge in [-0.15, -0.1) is 10.2 Å². The first-order chi connectivity index (χ1) is 17.8. The lowest BCUT2D eigenvalue weighted by Crippen LogP contribution is -2.34. The predicted molar refractivity (Wildman–Crippen MR) is 153 cm³/mol. The second-order valence-electron chi connectivity index (χ2n) is 8.65. The summed E-state index contributed by atoms with van der Waals surface area (Å²) in [7, 11) is 0. The lowest BCUT2D eigenvalue weighted by molar-refractivity contribution is 0.0977. The minimum absolute atomic E-state index is 0.205. The van der Waals surface area contributed by atoms with E-state index in [1.807, 2.05) is 26.0 Å². The number of aryl methyl sites for hydroxylation is 2. The van der Waals surface area contributed by atoms with E-state index in [-0.39, 0.29) is 11.0 Å². The third-order valence-electron chi connectivity index (χ3n) is 6.15. The van der Waals surface area contributed by atoms with Crippen molar-refractivity contribution in [3.63, 3.8) is 0 Å². The van der Waals surface area contributed by atoms with E-state index in [1.165, 1.54) is 5.69 Å². The molecular weight excluding hydrogens is 484 g/mol. The van der Waals surface area contributed by atoms with E-state index in [0.717, 1.165) is 46.6 Å². The van der Waals surface area contributed by atoms with Crippen molar-refractivity contribution in [2.45, 2.75) is 34.6 Å². The third kappa shape index (κ3) is 5.89. The molecule has 0 saturated heterocycles. The molecule has 0 fully saturated rings. The summed E-state index contributed by atoms with van der Waals surface area (Å²) in [5.41, 5.74) is 6.89. The summed E-state index contributed by atoms with van der Waals surface area (Å²) in [6, 6.07) is 17.1. The Bertz CT molecular complexity index is 1430. The number of carbonyl (C=O) groups is 1. The molecule has 2 N–H and O–H groups in total. The van der Waals surface area contributed by atoms with Crippen LogP contribution in [0.4, 0.5) is 11.4 Å². The molecular formula is C28H32N6O2S. The monoisotopic (exact) mass is 516 g/mol. The predicted octanol–water partition coefficient (Wildman–Crippen LogP) is 5.41. The fourth-order valence-electron chi connectivity index (χ4n) is 4.16. The number of ether oxygens (including phenoxy) is 1. The number of amides is 1. The van der Waals surface area contributed by atoms with Gasteiger partial charge in [0.25, 0.3) is 5.91 Å². The van der Waals surface area contributed by atoms with Crippen molar-refractivity contribution in [1.29, 1.82) is 0 Å². The SMILES string of the molecule is CCOc1ccc(C(=O)NC(=S)Nc2cc3nn(-c4ccc(N(CC)CC)cc4C)nc3cc2C)cc1. The molecule has 4 rings (SSSR count). The lowest BCUT2D eigenvalue weighted by Gasteiger charge is -2.22. The van der Waals surface area contributed by atoms with Gasteiger partial charge >= 0.3 is 0 Å². The van der Waals surface area contributed by atoms with Crippen molar-refractivity contribution >= 4 is 45.6 Å². The van der Waals surface area contributed by atoms with Crippen LogP contribution < -0.4 is 20.3 Å². The van der Waals surface area contributed by atoms with Gasteiger partial charge in [0.15, 0.2) is 5.11 Å². The number of hydrogen-bond donors (Lipinski definition) is 2. The first-order valence-corrected chi connectivity index (χ1v) is 12.8. The first-order valence-electron chi connectivity index (χ1n) is 12.4. The normalized spacial score (nSPS) is 10.8. The molecule has 37 heavy (non-hydrogen) atoms. The molecule has 0 atom stereocenters. The summed E-state index contributed by atoms with van der Waals surface area (Å²) < 4.78 is 5.42. The summed E-state index contributed by atoms with van der Waals surface area (Å²) in [5.74, 6) is 0.417. The zero-order chi connectivity index (χ0) is 26.5. The van der Waals surface area contributed by atoms with Gasteiger partial charge in [-0.05, 0) is 113 Å². The van der Waals surface area contributed by atoms with Gasteiger partial charge < -0.3 is 15.0 Å². The van der Waals surface area contributed by atoms with Gasteiger partial charge in [-0.3, -0.25) is 10.1 Å². The van der Waals surface area contributed by atoms with Gasteiger partial charge in [0, 0.05) is 30.0 Å². The quantitative estimate of drug-likeness (QED) is 0.303. The van der Waals surface area contributed by atoms with Crippen LogP contribution in [0.15, 0.2) is 54.6 Å². The highest BCUT2D eigenvalue weighted by molar-refractivity contribution is 7.80. The molecule has 0 spiro atoms. The summed E-state index contributed by atoms with van der Waals surface area (Å²) in [4.78, 5) is 16.6. The van der Waals surface area contributed by atoms with Crippen molar-refractivity contribution < 1.29 is 9.53 Å². The van der Waals surface area contributed by atoms with E-state index >= 15 is 0 Å². The Morgan fingerprint density at radius 3 is 2.24 bits per heavy atom. The number of carbonyl (C=O) groups excluding carboxylic acids is 1. The van der Waals surface area contributed by atoms with E-state index in [1.54, 1.807) is 29.1 Å². The Labute approximate surface area is 222 Å². The topological polar surface area (TPSA) is 84.3 Å². The largest absolute Gasteiger partial charge is 0.494 e. The number of thiocarbonyl (C=S) groups is 1. The number of rotatable bonds is 8. The van der Waals surface area contributed by atoms with Crippen LogP contribution in [0.3, 0.4) is 0 Å². The molecule has 3 aromatic carbocycles. The van der Waals surface area contributed by atoms with Crippen LogP contribution in [0.25, 0.3) is 16.7 Å². The maximum atomic E-state index is 12.6. The van der Waals surface area contributed by atoms with Crippen molar-refractivity contribution in [3.8, 4) is 11.4 Å². The summed E-state index contributed by atoms with van der Waals surface area (Å²) >= 11 is 5.40. The van der Waals surface area contributed by atoms with Gasteiger partial charge in [0.2, 0.25) is 0 Å². The fourth-order valence-corrected chi connectivity index (χ4v) is 4.36. The smallest absolute Gasteiger partial charge is 0.257 e. The van der Waals surface area contributed by atoms with Gasteiger partial charge in [0.05, 0.1) is 12.3 Å². The van der Waals surface area contributed by atoms with Crippen LogP contribution >= 0.6 is 12.2 Å². The average molecular weight is 517 g/mol. The molecule has 0 bridgehead atoms. The number of aromatic nitrogens is 3. The Morgan fingerprint density at radius 2 is 1.62 bits per heavy atom. The molecule has 1 aromatic heterocycles. The number of benzene rings is 3. The number of nitrogens with one attached hydrogen (secondary N) is 2. The van der Waals surface area contributed by atoms with E-state index in [4.69, 9.17) is 27.2 Å². The zero-order valence-corrected chi connectivity index (χ0v) is 22.6. The maximum Gasteiger partial charge on any atom is 0.257 e. The molecule has 192 valence electrons. The highest BCUT2D eigenvalue weighted by atomic mass is 32.1. The van der Waals surface area contributed by atoms with Crippen molar-refractivity contribution in [2.24, 2.45) is 0 Å². The number of hydrogen-bond acceptors (Lipinski definition) is 6. The molecule has 0 aliphatic carbocycles. The Kier molecular flexibility index (Phi) is 8.03. The molecule has 4 aromatic rings. The molecule has 0 aliphatic rings. The lowest BCUT2D eigenvalue weighted by atomic mass is 10.1. The fraction of sp³-hybridized carbons (Fsp3) is 0.286. The Balaban J connectivity index is 1.50. The van der Waals surface area contributed by atoms with E-state index in [9.17, 15) is 4.79 Å². The Morgan fingerprint density at radius 1 is 0.946 bits per heavy atom. The minimum atomic E-state index is -0.297. The average Bonchev–Trinajstić information content (AvgIpc) is 3.28. The minimum Gasteiger partial charge on any atom is -0.494 e. The second kappa shape index (κ2) is 11.4. The highest BCUT2D eigenvalue weighted by Gasteiger charge is 2.14. The molecule has 9 heteroatoms. The molecule has 8 nitrogen and oxygen atoms in total. The molecule has 1 heterocycles. The molecule has 0 aliphatic heterocycles. The van der Waals surface area contributed by atoms with Crippen LogP contribution in [-0.4, -0.2) is 45.7 Å². The van der Waals surface area contributed by atoms with Crippen molar-refractivity contribution in [3.05, 3.63) is 71.3 Å². The highest BCUT2D eigenvalue weighted by Crippen LogP contribution is 2.25. The zero-order valence-electron chi connectivity index (χ0n) is 21.8. The van der Waals surface area contributed by atoms with Gasteiger partial charge in [-0.25, -0.2) is 0 Å². The van der Waals surface area contributed by atoms with Crippen LogP contribution in [0, 0.1) is 13.8 Å². The third-order valence-corrected chi connectivity index (χ3v) is 6.36. The van der Waals surface area contributed by atoms with Crippen LogP contribution in [-0.2, 0) is 0 Å². The molecule has 0 radical (unpaired) electrons. The first kappa shape index (κ1) is 26.1. The van der Waals surface area contributed by atoms with Crippen molar-refractivity contribution in [2.75, 3.05) is 29.9 Å². The number of fused-ring (bicyclic) bond motifs is 1. The molecule has 0 saturated carbocycles. The van der Waals surface area contributed by atoms with Crippen LogP contribution in [0.2, 0.25) is 0 Å².